The fourth-order valence-corrected chi connectivity index (χ4v) is 5.52. The normalized spacial score (nSPS) is 26.0. The van der Waals surface area contributed by atoms with E-state index in [1.165, 1.54) is 0 Å². The van der Waals surface area contributed by atoms with Gasteiger partial charge in [0.15, 0.2) is 11.9 Å². The van der Waals surface area contributed by atoms with Gasteiger partial charge in [-0.3, -0.25) is 9.36 Å². The molecule has 0 spiro atoms. The largest absolute Gasteiger partial charge is 0.367 e. The van der Waals surface area contributed by atoms with Gasteiger partial charge in [0.1, 0.15) is 6.10 Å². The van der Waals surface area contributed by atoms with Crippen molar-refractivity contribution in [3.05, 3.63) is 69.0 Å². The third-order valence-corrected chi connectivity index (χ3v) is 7.60. The van der Waals surface area contributed by atoms with Crippen LogP contribution in [-0.4, -0.2) is 46.6 Å². The van der Waals surface area contributed by atoms with Crippen LogP contribution in [0.2, 0.25) is 0 Å². The molecule has 2 heterocycles. The standard InChI is InChI=1S/C22H29F2N2O7P/c1-4-31-34(29,32-5-2)17(23)13-16-19(30-14-15-9-7-6-8-10-15)22(3,24)20(33-16)26-18(27)11-12-25-21(26)28/h6-12,16-17,19-20H,4-5,13-14H2,1-3H3,(H,25,28)/t16-,17?,19-,20-,22-/m1/s1. The minimum Gasteiger partial charge on any atom is -0.367 e. The molecule has 2 aromatic rings. The van der Waals surface area contributed by atoms with E-state index in [0.29, 0.717) is 4.57 Å². The second-order valence-electron chi connectivity index (χ2n) is 7.93. The van der Waals surface area contributed by atoms with Gasteiger partial charge in [-0.15, -0.1) is 0 Å². The highest BCUT2D eigenvalue weighted by atomic mass is 31.2. The number of H-pyrrole nitrogens is 1. The maximum atomic E-state index is 16.2. The summed E-state index contributed by atoms with van der Waals surface area (Å²) in [6.45, 7) is 4.04. The molecule has 0 radical (unpaired) electrons. The second kappa shape index (κ2) is 11.0. The zero-order valence-corrected chi connectivity index (χ0v) is 20.1. The number of aromatic amines is 1. The first-order valence-electron chi connectivity index (χ1n) is 11.0. The maximum Gasteiger partial charge on any atom is 0.364 e. The van der Waals surface area contributed by atoms with E-state index in [1.807, 2.05) is 0 Å². The molecule has 0 amide bonds. The molecule has 3 rings (SSSR count). The highest BCUT2D eigenvalue weighted by molar-refractivity contribution is 7.54. The van der Waals surface area contributed by atoms with E-state index < -0.39 is 55.3 Å². The number of hydrogen-bond donors (Lipinski definition) is 1. The summed E-state index contributed by atoms with van der Waals surface area (Å²) in [6.07, 6.45) is -3.89. The van der Waals surface area contributed by atoms with Crippen molar-refractivity contribution in [2.75, 3.05) is 13.2 Å². The first-order valence-corrected chi connectivity index (χ1v) is 12.6. The lowest BCUT2D eigenvalue weighted by atomic mass is 9.96. The van der Waals surface area contributed by atoms with Crippen LogP contribution >= 0.6 is 7.60 Å². The number of rotatable bonds is 11. The summed E-state index contributed by atoms with van der Waals surface area (Å²) in [5.74, 6) is -2.15. The van der Waals surface area contributed by atoms with Crippen LogP contribution in [0.4, 0.5) is 8.78 Å². The molecule has 1 aliphatic rings. The molecule has 1 saturated heterocycles. The van der Waals surface area contributed by atoms with Crippen LogP contribution in [0.3, 0.4) is 0 Å². The van der Waals surface area contributed by atoms with Gasteiger partial charge in [0, 0.05) is 18.7 Å². The first kappa shape index (κ1) is 26.4. The van der Waals surface area contributed by atoms with Crippen molar-refractivity contribution in [2.45, 2.75) is 63.8 Å². The number of nitrogens with one attached hydrogen (secondary N) is 1. The first-order chi connectivity index (χ1) is 16.1. The molecule has 1 aliphatic heterocycles. The molecule has 12 heteroatoms. The number of aromatic nitrogens is 2. The summed E-state index contributed by atoms with van der Waals surface area (Å²) in [6, 6.07) is 9.94. The Kier molecular flexibility index (Phi) is 8.59. The van der Waals surface area contributed by atoms with E-state index in [2.05, 4.69) is 4.98 Å². The molecular formula is C22H29F2N2O7P. The summed E-state index contributed by atoms with van der Waals surface area (Å²) < 4.78 is 66.5. The number of hydrogen-bond acceptors (Lipinski definition) is 7. The SMILES string of the molecule is CCOP(=O)(OCC)C(F)C[C@H]1O[C@@H](n2c(=O)cc[nH]c2=O)[C@](C)(F)[C@@H]1OCc1ccccc1. The van der Waals surface area contributed by atoms with E-state index in [4.69, 9.17) is 18.5 Å². The Morgan fingerprint density at radius 1 is 1.18 bits per heavy atom. The average Bonchev–Trinajstić information content (AvgIpc) is 3.02. The van der Waals surface area contributed by atoms with Gasteiger partial charge in [0.05, 0.1) is 25.9 Å². The summed E-state index contributed by atoms with van der Waals surface area (Å²) in [4.78, 5) is 27.0. The molecule has 0 bridgehead atoms. The summed E-state index contributed by atoms with van der Waals surface area (Å²) >= 11 is 0. The van der Waals surface area contributed by atoms with Gasteiger partial charge in [-0.1, -0.05) is 30.3 Å². The lowest BCUT2D eigenvalue weighted by Crippen LogP contribution is -2.47. The highest BCUT2D eigenvalue weighted by Gasteiger charge is 2.58. The average molecular weight is 502 g/mol. The maximum absolute atomic E-state index is 16.2. The van der Waals surface area contributed by atoms with Crippen LogP contribution in [0.5, 0.6) is 0 Å². The Morgan fingerprint density at radius 2 is 1.82 bits per heavy atom. The molecule has 1 aromatic heterocycles. The van der Waals surface area contributed by atoms with Gasteiger partial charge in [-0.2, -0.15) is 0 Å². The van der Waals surface area contributed by atoms with E-state index in [9.17, 15) is 14.2 Å². The second-order valence-corrected chi connectivity index (χ2v) is 10.1. The topological polar surface area (TPSA) is 109 Å². The van der Waals surface area contributed by atoms with Crippen molar-refractivity contribution in [3.8, 4) is 0 Å². The number of halogens is 2. The monoisotopic (exact) mass is 502 g/mol. The Bertz CT molecular complexity index is 1070. The zero-order chi connectivity index (χ0) is 24.9. The Morgan fingerprint density at radius 3 is 2.41 bits per heavy atom. The summed E-state index contributed by atoms with van der Waals surface area (Å²) in [7, 11) is -4.18. The number of alkyl halides is 2. The van der Waals surface area contributed by atoms with Crippen LogP contribution in [0.15, 0.2) is 52.2 Å². The van der Waals surface area contributed by atoms with Crippen molar-refractivity contribution >= 4 is 7.60 Å². The summed E-state index contributed by atoms with van der Waals surface area (Å²) in [5, 5.41) is 0. The highest BCUT2D eigenvalue weighted by Crippen LogP contribution is 2.56. The van der Waals surface area contributed by atoms with Crippen molar-refractivity contribution in [2.24, 2.45) is 0 Å². The van der Waals surface area contributed by atoms with Crippen LogP contribution in [0.1, 0.15) is 39.0 Å². The molecule has 1 unspecified atom stereocenters. The zero-order valence-electron chi connectivity index (χ0n) is 19.2. The van der Waals surface area contributed by atoms with Crippen LogP contribution in [0, 0.1) is 0 Å². The molecule has 1 fully saturated rings. The van der Waals surface area contributed by atoms with E-state index >= 15 is 8.78 Å². The van der Waals surface area contributed by atoms with Crippen LogP contribution in [0.25, 0.3) is 0 Å². The Labute approximate surface area is 195 Å². The van der Waals surface area contributed by atoms with Crippen molar-refractivity contribution in [1.82, 2.24) is 9.55 Å². The van der Waals surface area contributed by atoms with E-state index in [1.54, 1.807) is 44.2 Å². The molecule has 1 N–H and O–H groups in total. The smallest absolute Gasteiger partial charge is 0.364 e. The number of ether oxygens (including phenoxy) is 2. The van der Waals surface area contributed by atoms with Gasteiger partial charge in [0.2, 0.25) is 5.91 Å². The molecule has 34 heavy (non-hydrogen) atoms. The lowest BCUT2D eigenvalue weighted by molar-refractivity contribution is -0.0637. The third kappa shape index (κ3) is 5.55. The molecule has 9 nitrogen and oxygen atoms in total. The number of nitrogens with zero attached hydrogens (tertiary/aromatic N) is 1. The fourth-order valence-electron chi connectivity index (χ4n) is 3.93. The van der Waals surface area contributed by atoms with Gasteiger partial charge in [-0.05, 0) is 26.3 Å². The molecule has 188 valence electrons. The van der Waals surface area contributed by atoms with E-state index in [0.717, 1.165) is 24.8 Å². The molecule has 0 aliphatic carbocycles. The van der Waals surface area contributed by atoms with Crippen molar-refractivity contribution in [3.63, 3.8) is 0 Å². The fraction of sp³-hybridized carbons (Fsp3) is 0.545. The van der Waals surface area contributed by atoms with Crippen molar-refractivity contribution < 1.29 is 31.9 Å². The van der Waals surface area contributed by atoms with Gasteiger partial charge >= 0.3 is 13.3 Å². The predicted molar refractivity (Wildman–Crippen MR) is 120 cm³/mol. The van der Waals surface area contributed by atoms with Crippen molar-refractivity contribution in [1.29, 1.82) is 0 Å². The van der Waals surface area contributed by atoms with E-state index in [-0.39, 0.29) is 19.8 Å². The lowest BCUT2D eigenvalue weighted by Gasteiger charge is -2.28. The molecule has 5 atom stereocenters. The number of benzene rings is 1. The van der Waals surface area contributed by atoms with Crippen LogP contribution < -0.4 is 11.2 Å². The molecule has 0 saturated carbocycles. The minimum atomic E-state index is -4.18. The minimum absolute atomic E-state index is 0.0385. The third-order valence-electron chi connectivity index (χ3n) is 5.46. The van der Waals surface area contributed by atoms with Gasteiger partial charge in [-0.25, -0.2) is 18.1 Å². The Hall–Kier alpha value is -2.17. The van der Waals surface area contributed by atoms with Gasteiger partial charge < -0.3 is 23.5 Å². The quantitative estimate of drug-likeness (QED) is 0.467. The Balaban J connectivity index is 1.94. The van der Waals surface area contributed by atoms with Gasteiger partial charge in [0.25, 0.3) is 5.56 Å². The predicted octanol–water partition coefficient (Wildman–Crippen LogP) is 3.70. The van der Waals surface area contributed by atoms with Crippen LogP contribution in [-0.2, 0) is 29.7 Å². The molecular weight excluding hydrogens is 473 g/mol. The molecule has 1 aromatic carbocycles. The summed E-state index contributed by atoms with van der Waals surface area (Å²) in [5.41, 5.74) is -3.39.